The molecule has 1 heterocycles. The van der Waals surface area contributed by atoms with Gasteiger partial charge in [0.05, 0.1) is 0 Å². The summed E-state index contributed by atoms with van der Waals surface area (Å²) >= 11 is 0. The van der Waals surface area contributed by atoms with Gasteiger partial charge in [-0.05, 0) is 0 Å². The van der Waals surface area contributed by atoms with E-state index in [9.17, 15) is 5.11 Å². The Bertz CT molecular complexity index is 510. The standard InChI is InChI=1S/C17H22BOP/c18-20(13-19)16(14-7-3-1-4-8-14)11-12-17(20)15-9-5-2-6-10-15/h1-10,16-17,19-20H,11-13,18H2/t16-,17?/m1/s1. The van der Waals surface area contributed by atoms with Crippen molar-refractivity contribution in [3.05, 3.63) is 71.8 Å². The summed E-state index contributed by atoms with van der Waals surface area (Å²) in [5.74, 6) is 0. The van der Waals surface area contributed by atoms with Crippen LogP contribution in [-0.2, 0) is 0 Å². The van der Waals surface area contributed by atoms with E-state index < -0.39 is 7.14 Å². The molecule has 2 aromatic carbocycles. The van der Waals surface area contributed by atoms with Crippen LogP contribution in [0.1, 0.15) is 35.3 Å². The molecule has 1 unspecified atom stereocenters. The van der Waals surface area contributed by atoms with E-state index in [1.54, 1.807) is 0 Å². The van der Waals surface area contributed by atoms with Gasteiger partial charge in [-0.3, -0.25) is 0 Å². The fourth-order valence-corrected chi connectivity index (χ4v) is 8.41. The van der Waals surface area contributed by atoms with Crippen molar-refractivity contribution in [1.29, 1.82) is 0 Å². The quantitative estimate of drug-likeness (QED) is 0.675. The van der Waals surface area contributed by atoms with Gasteiger partial charge < -0.3 is 0 Å². The van der Waals surface area contributed by atoms with Crippen LogP contribution in [0.4, 0.5) is 0 Å². The summed E-state index contributed by atoms with van der Waals surface area (Å²) in [6.07, 6.45) is 2.81. The van der Waals surface area contributed by atoms with E-state index in [0.717, 1.165) is 0 Å². The maximum absolute atomic E-state index is 10.2. The number of hydrogen-bond donors (Lipinski definition) is 1. The molecule has 1 fully saturated rings. The average Bonchev–Trinajstić information content (AvgIpc) is 2.87. The van der Waals surface area contributed by atoms with Crippen LogP contribution in [0.15, 0.2) is 60.7 Å². The van der Waals surface area contributed by atoms with Crippen LogP contribution in [0.2, 0.25) is 0 Å². The molecule has 0 amide bonds. The van der Waals surface area contributed by atoms with Crippen molar-refractivity contribution in [2.45, 2.75) is 24.2 Å². The van der Waals surface area contributed by atoms with Gasteiger partial charge in [0, 0.05) is 0 Å². The van der Waals surface area contributed by atoms with Crippen molar-refractivity contribution in [3.63, 3.8) is 0 Å². The first-order valence-corrected chi connectivity index (χ1v) is 10.3. The summed E-state index contributed by atoms with van der Waals surface area (Å²) in [5.41, 5.74) is 4.01. The predicted molar refractivity (Wildman–Crippen MR) is 91.5 cm³/mol. The fraction of sp³-hybridized carbons (Fsp3) is 0.294. The second kappa shape index (κ2) is 5.72. The molecule has 0 aliphatic carbocycles. The number of aliphatic hydroxyl groups excluding tert-OH is 1. The molecule has 1 nitrogen and oxygen atoms in total. The van der Waals surface area contributed by atoms with E-state index in [1.165, 1.54) is 24.0 Å². The van der Waals surface area contributed by atoms with E-state index in [2.05, 4.69) is 68.2 Å². The molecule has 0 bridgehead atoms. The molecule has 3 heteroatoms. The monoisotopic (exact) mass is 284 g/mol. The van der Waals surface area contributed by atoms with Gasteiger partial charge >= 0.3 is 122 Å². The third-order valence-corrected chi connectivity index (χ3v) is 10.2. The second-order valence-corrected chi connectivity index (χ2v) is 10.9. The molecule has 1 N–H and O–H groups in total. The Balaban J connectivity index is 1.97. The number of hydrogen-bond acceptors (Lipinski definition) is 1. The van der Waals surface area contributed by atoms with Crippen molar-refractivity contribution in [1.82, 2.24) is 0 Å². The van der Waals surface area contributed by atoms with Crippen LogP contribution in [0.5, 0.6) is 0 Å². The van der Waals surface area contributed by atoms with Gasteiger partial charge in [0.2, 0.25) is 0 Å². The van der Waals surface area contributed by atoms with Crippen LogP contribution in [0, 0.1) is 0 Å². The number of benzene rings is 2. The molecule has 1 saturated heterocycles. The summed E-state index contributed by atoms with van der Waals surface area (Å²) in [6, 6.07) is 21.6. The van der Waals surface area contributed by atoms with E-state index >= 15 is 0 Å². The van der Waals surface area contributed by atoms with Crippen molar-refractivity contribution in [2.75, 3.05) is 6.35 Å². The number of rotatable bonds is 3. The van der Waals surface area contributed by atoms with Gasteiger partial charge in [0.15, 0.2) is 0 Å². The van der Waals surface area contributed by atoms with Gasteiger partial charge in [-0.15, -0.1) is 0 Å². The zero-order valence-corrected chi connectivity index (χ0v) is 13.0. The normalized spacial score (nSPS) is 26.2. The summed E-state index contributed by atoms with van der Waals surface area (Å²) in [6.45, 7) is 0. The van der Waals surface area contributed by atoms with Crippen molar-refractivity contribution < 1.29 is 5.11 Å². The first kappa shape index (κ1) is 13.9. The number of aliphatic hydroxyl groups is 1. The Morgan fingerprint density at radius 1 is 0.850 bits per heavy atom. The van der Waals surface area contributed by atoms with Crippen LogP contribution in [0.25, 0.3) is 0 Å². The Hall–Kier alpha value is -1.11. The summed E-state index contributed by atoms with van der Waals surface area (Å²) in [4.78, 5) is 0. The Kier molecular flexibility index (Phi) is 3.96. The zero-order valence-electron chi connectivity index (χ0n) is 12.0. The van der Waals surface area contributed by atoms with E-state index in [-0.39, 0.29) is 0 Å². The molecule has 0 aromatic heterocycles. The minimum absolute atomic E-state index is 0.381. The average molecular weight is 284 g/mol. The van der Waals surface area contributed by atoms with Crippen molar-refractivity contribution in [2.24, 2.45) is 0 Å². The van der Waals surface area contributed by atoms with Gasteiger partial charge in [0.25, 0.3) is 0 Å². The maximum atomic E-state index is 10.2. The van der Waals surface area contributed by atoms with Crippen LogP contribution >= 0.6 is 7.14 Å². The molecule has 2 atom stereocenters. The van der Waals surface area contributed by atoms with Gasteiger partial charge in [-0.1, -0.05) is 0 Å². The molecular weight excluding hydrogens is 262 g/mol. The Morgan fingerprint density at radius 3 is 1.60 bits per heavy atom. The van der Waals surface area contributed by atoms with Crippen molar-refractivity contribution in [3.8, 4) is 0 Å². The molecular formula is C17H22BOP. The zero-order chi connectivity index (χ0) is 14.0. The summed E-state index contributed by atoms with van der Waals surface area (Å²) < 4.78 is 0. The Morgan fingerprint density at radius 2 is 1.25 bits per heavy atom. The molecule has 0 spiro atoms. The van der Waals surface area contributed by atoms with Crippen LogP contribution in [0.3, 0.4) is 0 Å². The third-order valence-electron chi connectivity index (χ3n) is 5.08. The van der Waals surface area contributed by atoms with Gasteiger partial charge in [0.1, 0.15) is 0 Å². The topological polar surface area (TPSA) is 20.2 Å². The Labute approximate surface area is 122 Å². The molecule has 20 heavy (non-hydrogen) atoms. The molecule has 3 rings (SSSR count). The molecule has 2 aromatic rings. The summed E-state index contributed by atoms with van der Waals surface area (Å²) in [5, 5.41) is 10.2. The minimum atomic E-state index is -1.75. The first-order valence-electron chi connectivity index (χ1n) is 7.46. The third kappa shape index (κ3) is 2.32. The van der Waals surface area contributed by atoms with Crippen LogP contribution < -0.4 is 0 Å². The fourth-order valence-electron chi connectivity index (χ4n) is 3.92. The van der Waals surface area contributed by atoms with Gasteiger partial charge in [-0.2, -0.15) is 0 Å². The molecule has 1 aliphatic heterocycles. The molecule has 0 radical (unpaired) electrons. The van der Waals surface area contributed by atoms with E-state index in [1.807, 2.05) is 0 Å². The molecule has 1 aliphatic rings. The molecule has 104 valence electrons. The second-order valence-electron chi connectivity index (χ2n) is 6.17. The first-order chi connectivity index (χ1) is 9.75. The van der Waals surface area contributed by atoms with E-state index in [0.29, 0.717) is 17.7 Å². The van der Waals surface area contributed by atoms with E-state index in [4.69, 9.17) is 0 Å². The SMILES string of the molecule is B[PH]1(CO)C(c2ccccc2)CC[C@@H]1c1ccccc1. The predicted octanol–water partition coefficient (Wildman–Crippen LogP) is 3.51. The van der Waals surface area contributed by atoms with Crippen LogP contribution in [-0.4, -0.2) is 19.0 Å². The molecule has 0 saturated carbocycles. The van der Waals surface area contributed by atoms with Gasteiger partial charge in [-0.25, -0.2) is 0 Å². The van der Waals surface area contributed by atoms with Crippen molar-refractivity contribution >= 4 is 14.7 Å². The summed E-state index contributed by atoms with van der Waals surface area (Å²) in [7, 11) is 0.639.